The lowest BCUT2D eigenvalue weighted by Crippen LogP contribution is -2.18. The second kappa shape index (κ2) is 4.01. The van der Waals surface area contributed by atoms with E-state index in [4.69, 9.17) is 10.5 Å². The van der Waals surface area contributed by atoms with E-state index in [9.17, 15) is 0 Å². The Morgan fingerprint density at radius 3 is 3.07 bits per heavy atom. The van der Waals surface area contributed by atoms with E-state index in [1.807, 2.05) is 6.07 Å². The normalized spacial score (nSPS) is 20.3. The van der Waals surface area contributed by atoms with Crippen LogP contribution in [0, 0.1) is 0 Å². The maximum atomic E-state index is 5.76. The molecule has 1 aliphatic carbocycles. The molecular formula is C12H17NO. The van der Waals surface area contributed by atoms with Gasteiger partial charge in [0.1, 0.15) is 5.75 Å². The lowest BCUT2D eigenvalue weighted by Gasteiger charge is -2.24. The molecule has 0 saturated carbocycles. The van der Waals surface area contributed by atoms with Gasteiger partial charge in [-0.2, -0.15) is 0 Å². The molecule has 1 aromatic carbocycles. The Hall–Kier alpha value is -1.02. The van der Waals surface area contributed by atoms with Crippen molar-refractivity contribution >= 4 is 0 Å². The van der Waals surface area contributed by atoms with Gasteiger partial charge in [0, 0.05) is 0 Å². The maximum absolute atomic E-state index is 5.76. The minimum Gasteiger partial charge on any atom is -0.497 e. The molecule has 2 rings (SSSR count). The third kappa shape index (κ3) is 1.62. The summed E-state index contributed by atoms with van der Waals surface area (Å²) >= 11 is 0. The number of ether oxygens (including phenoxy) is 1. The van der Waals surface area contributed by atoms with Crippen molar-refractivity contribution in [2.75, 3.05) is 13.7 Å². The number of hydrogen-bond acceptors (Lipinski definition) is 2. The van der Waals surface area contributed by atoms with Gasteiger partial charge in [-0.1, -0.05) is 6.07 Å². The van der Waals surface area contributed by atoms with Crippen molar-refractivity contribution < 1.29 is 4.74 Å². The third-order valence-corrected chi connectivity index (χ3v) is 3.07. The fourth-order valence-electron chi connectivity index (χ4n) is 2.26. The zero-order valence-electron chi connectivity index (χ0n) is 8.62. The summed E-state index contributed by atoms with van der Waals surface area (Å²) in [5.74, 6) is 1.52. The molecule has 0 spiro atoms. The summed E-state index contributed by atoms with van der Waals surface area (Å²) in [6.45, 7) is 0.763. The monoisotopic (exact) mass is 191 g/mol. The van der Waals surface area contributed by atoms with Crippen molar-refractivity contribution in [1.29, 1.82) is 0 Å². The minimum absolute atomic E-state index is 0.560. The maximum Gasteiger partial charge on any atom is 0.119 e. The lowest BCUT2D eigenvalue weighted by molar-refractivity contribution is 0.413. The number of methoxy groups -OCH3 is 1. The van der Waals surface area contributed by atoms with Gasteiger partial charge >= 0.3 is 0 Å². The Bertz CT molecular complexity index is 322. The van der Waals surface area contributed by atoms with Crippen LogP contribution in [-0.4, -0.2) is 13.7 Å². The van der Waals surface area contributed by atoms with E-state index in [1.165, 1.54) is 30.4 Å². The summed E-state index contributed by atoms with van der Waals surface area (Å²) in [6.07, 6.45) is 3.65. The summed E-state index contributed by atoms with van der Waals surface area (Å²) in [4.78, 5) is 0. The molecule has 0 saturated heterocycles. The van der Waals surface area contributed by atoms with Crippen molar-refractivity contribution in [1.82, 2.24) is 0 Å². The third-order valence-electron chi connectivity index (χ3n) is 3.07. The smallest absolute Gasteiger partial charge is 0.119 e. The van der Waals surface area contributed by atoms with E-state index in [0.717, 1.165) is 12.3 Å². The van der Waals surface area contributed by atoms with Crippen molar-refractivity contribution in [2.45, 2.75) is 25.2 Å². The highest BCUT2D eigenvalue weighted by molar-refractivity contribution is 5.39. The van der Waals surface area contributed by atoms with Gasteiger partial charge in [0.05, 0.1) is 7.11 Å². The molecule has 76 valence electrons. The summed E-state index contributed by atoms with van der Waals surface area (Å²) < 4.78 is 5.22. The topological polar surface area (TPSA) is 35.2 Å². The van der Waals surface area contributed by atoms with Gasteiger partial charge < -0.3 is 10.5 Å². The number of fused-ring (bicyclic) bond motifs is 1. The summed E-state index contributed by atoms with van der Waals surface area (Å²) in [5, 5.41) is 0. The second-order valence-corrected chi connectivity index (χ2v) is 3.89. The zero-order chi connectivity index (χ0) is 9.97. The first kappa shape index (κ1) is 9.53. The molecular weight excluding hydrogens is 174 g/mol. The molecule has 0 fully saturated rings. The van der Waals surface area contributed by atoms with Gasteiger partial charge in [-0.15, -0.1) is 0 Å². The molecule has 2 heteroatoms. The van der Waals surface area contributed by atoms with E-state index in [1.54, 1.807) is 7.11 Å². The first-order valence-electron chi connectivity index (χ1n) is 5.22. The fraction of sp³-hybridized carbons (Fsp3) is 0.500. The average molecular weight is 191 g/mol. The van der Waals surface area contributed by atoms with Gasteiger partial charge in [0.2, 0.25) is 0 Å². The highest BCUT2D eigenvalue weighted by atomic mass is 16.5. The molecule has 2 N–H and O–H groups in total. The van der Waals surface area contributed by atoms with Crippen molar-refractivity contribution in [2.24, 2.45) is 5.73 Å². The minimum atomic E-state index is 0.560. The van der Waals surface area contributed by atoms with Crippen LogP contribution in [0.1, 0.15) is 29.9 Å². The molecule has 0 bridgehead atoms. The molecule has 14 heavy (non-hydrogen) atoms. The molecule has 1 unspecified atom stereocenters. The average Bonchev–Trinajstić information content (AvgIpc) is 2.27. The zero-order valence-corrected chi connectivity index (χ0v) is 8.62. The largest absolute Gasteiger partial charge is 0.497 e. The van der Waals surface area contributed by atoms with Crippen LogP contribution >= 0.6 is 0 Å². The number of hydrogen-bond donors (Lipinski definition) is 1. The quantitative estimate of drug-likeness (QED) is 0.776. The number of nitrogens with two attached hydrogens (primary N) is 1. The van der Waals surface area contributed by atoms with E-state index in [2.05, 4.69) is 12.1 Å². The first-order valence-corrected chi connectivity index (χ1v) is 5.22. The first-order chi connectivity index (χ1) is 6.85. The Labute approximate surface area is 85.1 Å². The van der Waals surface area contributed by atoms with E-state index in [0.29, 0.717) is 5.92 Å². The van der Waals surface area contributed by atoms with Crippen LogP contribution in [0.3, 0.4) is 0 Å². The molecule has 0 amide bonds. The Morgan fingerprint density at radius 2 is 2.36 bits per heavy atom. The number of aryl methyl sites for hydroxylation is 1. The number of benzene rings is 1. The van der Waals surface area contributed by atoms with Crippen molar-refractivity contribution in [3.05, 3.63) is 29.3 Å². The Morgan fingerprint density at radius 1 is 1.50 bits per heavy atom. The highest BCUT2D eigenvalue weighted by Crippen LogP contribution is 2.32. The summed E-state index contributed by atoms with van der Waals surface area (Å²) in [7, 11) is 1.71. The summed E-state index contributed by atoms with van der Waals surface area (Å²) in [5.41, 5.74) is 8.61. The van der Waals surface area contributed by atoms with Crippen LogP contribution in [-0.2, 0) is 6.42 Å². The fourth-order valence-corrected chi connectivity index (χ4v) is 2.26. The van der Waals surface area contributed by atoms with Crippen LogP contribution in [0.2, 0.25) is 0 Å². The van der Waals surface area contributed by atoms with Gasteiger partial charge in [-0.3, -0.25) is 0 Å². The van der Waals surface area contributed by atoms with Gasteiger partial charge in [-0.25, -0.2) is 0 Å². The van der Waals surface area contributed by atoms with Gasteiger partial charge in [0.25, 0.3) is 0 Å². The standard InChI is InChI=1S/C12H17NO/c1-14-11-5-6-12-9(7-11)3-2-4-10(12)8-13/h5-7,10H,2-4,8,13H2,1H3. The number of rotatable bonds is 2. The predicted octanol–water partition coefficient (Wildman–Crippen LogP) is 2.07. The SMILES string of the molecule is COc1ccc2c(c1)CCCC2CN. The van der Waals surface area contributed by atoms with Crippen LogP contribution in [0.4, 0.5) is 0 Å². The molecule has 2 nitrogen and oxygen atoms in total. The molecule has 0 heterocycles. The van der Waals surface area contributed by atoms with Crippen LogP contribution in [0.25, 0.3) is 0 Å². The van der Waals surface area contributed by atoms with Crippen LogP contribution in [0.15, 0.2) is 18.2 Å². The van der Waals surface area contributed by atoms with E-state index in [-0.39, 0.29) is 0 Å². The van der Waals surface area contributed by atoms with Gasteiger partial charge in [0.15, 0.2) is 0 Å². The molecule has 0 aromatic heterocycles. The van der Waals surface area contributed by atoms with E-state index >= 15 is 0 Å². The highest BCUT2D eigenvalue weighted by Gasteiger charge is 2.18. The van der Waals surface area contributed by atoms with Gasteiger partial charge in [-0.05, 0) is 55.0 Å². The Balaban J connectivity index is 2.35. The molecule has 1 aromatic rings. The second-order valence-electron chi connectivity index (χ2n) is 3.89. The van der Waals surface area contributed by atoms with E-state index < -0.39 is 0 Å². The lowest BCUT2D eigenvalue weighted by atomic mass is 9.83. The molecule has 0 aliphatic heterocycles. The molecule has 1 aliphatic rings. The Kier molecular flexibility index (Phi) is 2.73. The predicted molar refractivity (Wildman–Crippen MR) is 57.7 cm³/mol. The summed E-state index contributed by atoms with van der Waals surface area (Å²) in [6, 6.07) is 6.36. The molecule has 1 atom stereocenters. The van der Waals surface area contributed by atoms with Crippen molar-refractivity contribution in [3.8, 4) is 5.75 Å². The van der Waals surface area contributed by atoms with Crippen LogP contribution < -0.4 is 10.5 Å². The van der Waals surface area contributed by atoms with Crippen molar-refractivity contribution in [3.63, 3.8) is 0 Å². The molecule has 0 radical (unpaired) electrons. The van der Waals surface area contributed by atoms with Crippen LogP contribution in [0.5, 0.6) is 5.75 Å².